The lowest BCUT2D eigenvalue weighted by Crippen LogP contribution is -2.26. The van der Waals surface area contributed by atoms with Gasteiger partial charge in [-0.05, 0) is 12.1 Å². The summed E-state index contributed by atoms with van der Waals surface area (Å²) >= 11 is 0. The number of hydrogen-bond donors (Lipinski definition) is 1. The van der Waals surface area contributed by atoms with E-state index >= 15 is 0 Å². The molecule has 0 aliphatic carbocycles. The molecule has 1 amide bonds. The van der Waals surface area contributed by atoms with E-state index in [2.05, 4.69) is 20.3 Å². The van der Waals surface area contributed by atoms with Crippen LogP contribution in [0.25, 0.3) is 0 Å². The van der Waals surface area contributed by atoms with E-state index in [-0.39, 0.29) is 6.54 Å². The predicted octanol–water partition coefficient (Wildman–Crippen LogP) is 1.82. The largest absolute Gasteiger partial charge is 0.417 e. The Morgan fingerprint density at radius 1 is 1.20 bits per heavy atom. The van der Waals surface area contributed by atoms with Gasteiger partial charge in [-0.15, -0.1) is 0 Å². The van der Waals surface area contributed by atoms with Crippen LogP contribution in [-0.4, -0.2) is 20.9 Å². The normalized spacial score (nSPS) is 11.2. The number of aromatic nitrogens is 3. The molecule has 2 aromatic rings. The lowest BCUT2D eigenvalue weighted by molar-refractivity contribution is -0.138. The van der Waals surface area contributed by atoms with Crippen LogP contribution in [0.3, 0.4) is 0 Å². The van der Waals surface area contributed by atoms with Crippen molar-refractivity contribution in [3.8, 4) is 0 Å². The lowest BCUT2D eigenvalue weighted by Gasteiger charge is -2.11. The lowest BCUT2D eigenvalue weighted by atomic mass is 10.1. The summed E-state index contributed by atoms with van der Waals surface area (Å²) in [5, 5.41) is 2.32. The Bertz CT molecular complexity index is 601. The number of alkyl halides is 3. The van der Waals surface area contributed by atoms with E-state index < -0.39 is 23.2 Å². The maximum absolute atomic E-state index is 12.7. The molecule has 0 saturated heterocycles. The molecule has 0 aliphatic heterocycles. The summed E-state index contributed by atoms with van der Waals surface area (Å²) in [5.74, 6) is -0.573. The maximum Gasteiger partial charge on any atom is 0.417 e. The third-order valence-electron chi connectivity index (χ3n) is 2.40. The number of hydrogen-bond acceptors (Lipinski definition) is 4. The molecule has 0 fully saturated rings. The number of carbonyl (C=O) groups is 1. The molecular weight excluding hydrogens is 273 g/mol. The summed E-state index contributed by atoms with van der Waals surface area (Å²) in [7, 11) is 0. The van der Waals surface area contributed by atoms with Gasteiger partial charge in [0.2, 0.25) is 0 Å². The first-order valence-corrected chi connectivity index (χ1v) is 5.54. The number of nitrogens with one attached hydrogen (secondary N) is 1. The third kappa shape index (κ3) is 3.28. The van der Waals surface area contributed by atoms with Crippen molar-refractivity contribution in [2.75, 3.05) is 0 Å². The van der Waals surface area contributed by atoms with Gasteiger partial charge in [0.15, 0.2) is 0 Å². The van der Waals surface area contributed by atoms with E-state index in [1.165, 1.54) is 12.4 Å². The molecule has 0 saturated carbocycles. The van der Waals surface area contributed by atoms with Crippen LogP contribution in [0.5, 0.6) is 0 Å². The van der Waals surface area contributed by atoms with Crippen molar-refractivity contribution < 1.29 is 18.0 Å². The van der Waals surface area contributed by atoms with Crippen molar-refractivity contribution in [3.63, 3.8) is 0 Å². The van der Waals surface area contributed by atoms with Crippen molar-refractivity contribution in [2.45, 2.75) is 12.7 Å². The van der Waals surface area contributed by atoms with E-state index in [9.17, 15) is 18.0 Å². The second-order valence-corrected chi connectivity index (χ2v) is 3.77. The first-order valence-electron chi connectivity index (χ1n) is 5.54. The highest BCUT2D eigenvalue weighted by atomic mass is 19.4. The Morgan fingerprint density at radius 2 is 1.90 bits per heavy atom. The Hall–Kier alpha value is -2.51. The molecule has 0 aliphatic rings. The van der Waals surface area contributed by atoms with Crippen LogP contribution in [-0.2, 0) is 12.7 Å². The molecule has 0 bridgehead atoms. The van der Waals surface area contributed by atoms with Gasteiger partial charge in [0.05, 0.1) is 17.7 Å². The third-order valence-corrected chi connectivity index (χ3v) is 2.40. The molecule has 20 heavy (non-hydrogen) atoms. The molecule has 2 rings (SSSR count). The Kier molecular flexibility index (Phi) is 3.92. The second kappa shape index (κ2) is 5.64. The monoisotopic (exact) mass is 282 g/mol. The Morgan fingerprint density at radius 3 is 2.55 bits per heavy atom. The maximum atomic E-state index is 12.7. The van der Waals surface area contributed by atoms with Crippen molar-refractivity contribution in [1.82, 2.24) is 20.3 Å². The zero-order valence-electron chi connectivity index (χ0n) is 10.1. The van der Waals surface area contributed by atoms with Gasteiger partial charge in [-0.25, -0.2) is 9.97 Å². The van der Waals surface area contributed by atoms with Gasteiger partial charge in [0, 0.05) is 24.8 Å². The van der Waals surface area contributed by atoms with E-state index in [0.29, 0.717) is 5.82 Å². The fourth-order valence-corrected chi connectivity index (χ4v) is 1.50. The van der Waals surface area contributed by atoms with E-state index in [1.807, 2.05) is 0 Å². The highest BCUT2D eigenvalue weighted by Gasteiger charge is 2.35. The molecule has 0 atom stereocenters. The molecule has 5 nitrogen and oxygen atoms in total. The average Bonchev–Trinajstić information content (AvgIpc) is 2.45. The number of halogens is 3. The molecule has 0 spiro atoms. The summed E-state index contributed by atoms with van der Waals surface area (Å²) in [6.07, 6.45) is 0.197. The van der Waals surface area contributed by atoms with Crippen LogP contribution in [0.1, 0.15) is 21.7 Å². The molecule has 2 heterocycles. The van der Waals surface area contributed by atoms with Crippen LogP contribution in [0.15, 0.2) is 36.9 Å². The zero-order valence-corrected chi connectivity index (χ0v) is 10.1. The topological polar surface area (TPSA) is 67.8 Å². The van der Waals surface area contributed by atoms with Crippen LogP contribution in [0.2, 0.25) is 0 Å². The SMILES string of the molecule is O=C(NCc1ncccn1)c1cnccc1C(F)(F)F. The highest BCUT2D eigenvalue weighted by molar-refractivity contribution is 5.95. The van der Waals surface area contributed by atoms with Gasteiger partial charge in [-0.2, -0.15) is 13.2 Å². The number of pyridine rings is 1. The van der Waals surface area contributed by atoms with Crippen LogP contribution in [0, 0.1) is 0 Å². The van der Waals surface area contributed by atoms with E-state index in [4.69, 9.17) is 0 Å². The molecule has 104 valence electrons. The Balaban J connectivity index is 2.14. The van der Waals surface area contributed by atoms with Gasteiger partial charge >= 0.3 is 6.18 Å². The fraction of sp³-hybridized carbons (Fsp3) is 0.167. The summed E-state index contributed by atoms with van der Waals surface area (Å²) in [6, 6.07) is 2.35. The molecule has 2 aromatic heterocycles. The summed E-state index contributed by atoms with van der Waals surface area (Å²) < 4.78 is 38.2. The predicted molar refractivity (Wildman–Crippen MR) is 62.4 cm³/mol. The van der Waals surface area contributed by atoms with E-state index in [0.717, 1.165) is 18.5 Å². The van der Waals surface area contributed by atoms with Gasteiger partial charge < -0.3 is 5.32 Å². The minimum absolute atomic E-state index is 0.0636. The van der Waals surface area contributed by atoms with Gasteiger partial charge in [-0.3, -0.25) is 9.78 Å². The van der Waals surface area contributed by atoms with Gasteiger partial charge in [-0.1, -0.05) is 0 Å². The number of amides is 1. The number of rotatable bonds is 3. The average molecular weight is 282 g/mol. The first kappa shape index (κ1) is 13.9. The van der Waals surface area contributed by atoms with Crippen molar-refractivity contribution in [1.29, 1.82) is 0 Å². The van der Waals surface area contributed by atoms with Crippen LogP contribution >= 0.6 is 0 Å². The van der Waals surface area contributed by atoms with E-state index in [1.54, 1.807) is 6.07 Å². The zero-order chi connectivity index (χ0) is 14.6. The van der Waals surface area contributed by atoms with Gasteiger partial charge in [0.25, 0.3) is 5.91 Å². The summed E-state index contributed by atoms with van der Waals surface area (Å²) in [5.41, 5.74) is -1.56. The highest BCUT2D eigenvalue weighted by Crippen LogP contribution is 2.31. The minimum atomic E-state index is -4.61. The fourth-order valence-electron chi connectivity index (χ4n) is 1.50. The summed E-state index contributed by atoms with van der Waals surface area (Å²) in [6.45, 7) is -0.0636. The van der Waals surface area contributed by atoms with Crippen molar-refractivity contribution in [2.24, 2.45) is 0 Å². The van der Waals surface area contributed by atoms with Crippen LogP contribution in [0.4, 0.5) is 13.2 Å². The van der Waals surface area contributed by atoms with Crippen molar-refractivity contribution >= 4 is 5.91 Å². The first-order chi connectivity index (χ1) is 9.48. The smallest absolute Gasteiger partial charge is 0.345 e. The Labute approximate surface area is 111 Å². The second-order valence-electron chi connectivity index (χ2n) is 3.77. The molecule has 0 radical (unpaired) electrons. The van der Waals surface area contributed by atoms with Crippen LogP contribution < -0.4 is 5.32 Å². The van der Waals surface area contributed by atoms with Crippen molar-refractivity contribution in [3.05, 3.63) is 53.9 Å². The molecule has 0 unspecified atom stereocenters. The molecule has 8 heteroatoms. The molecule has 1 N–H and O–H groups in total. The number of carbonyl (C=O) groups excluding carboxylic acids is 1. The van der Waals surface area contributed by atoms with Gasteiger partial charge in [0.1, 0.15) is 5.82 Å². The minimum Gasteiger partial charge on any atom is -0.345 e. The quantitative estimate of drug-likeness (QED) is 0.932. The standard InChI is InChI=1S/C12H9F3N4O/c13-12(14,15)9-2-5-16-6-8(9)11(20)19-7-10-17-3-1-4-18-10/h1-6H,7H2,(H,19,20). The molecular formula is C12H9F3N4O. The number of nitrogens with zero attached hydrogens (tertiary/aromatic N) is 3. The molecule has 0 aromatic carbocycles. The summed E-state index contributed by atoms with van der Waals surface area (Å²) in [4.78, 5) is 23.0.